The number of carbonyl (C=O) groups excluding carboxylic acids is 1. The van der Waals surface area contributed by atoms with Gasteiger partial charge in [-0.3, -0.25) is 4.79 Å². The fraction of sp³-hybridized carbons (Fsp3) is 0.846. The van der Waals surface area contributed by atoms with Gasteiger partial charge in [-0.05, 0) is 5.92 Å². The van der Waals surface area contributed by atoms with Crippen LogP contribution in [0.3, 0.4) is 0 Å². The third-order valence-electron chi connectivity index (χ3n) is 4.19. The Labute approximate surface area is 108 Å². The van der Waals surface area contributed by atoms with E-state index in [2.05, 4.69) is 0 Å². The van der Waals surface area contributed by atoms with Crippen LogP contribution in [0.2, 0.25) is 0 Å². The van der Waals surface area contributed by atoms with E-state index in [-0.39, 0.29) is 24.7 Å². The van der Waals surface area contributed by atoms with Gasteiger partial charge in [-0.15, -0.1) is 0 Å². The minimum atomic E-state index is -1.66. The Bertz CT molecular complexity index is 321. The number of rotatable bonds is 4. The Morgan fingerprint density at radius 1 is 1.28 bits per heavy atom. The molecule has 0 aromatic heterocycles. The summed E-state index contributed by atoms with van der Waals surface area (Å²) in [6.07, 6.45) is 1.17. The average molecular weight is 257 g/mol. The zero-order valence-electron chi connectivity index (χ0n) is 11.3. The van der Waals surface area contributed by atoms with E-state index in [4.69, 9.17) is 5.11 Å². The van der Waals surface area contributed by atoms with Gasteiger partial charge in [0.2, 0.25) is 5.91 Å². The second-order valence-electron chi connectivity index (χ2n) is 5.34. The van der Waals surface area contributed by atoms with Crippen LogP contribution in [0.5, 0.6) is 0 Å². The lowest BCUT2D eigenvalue weighted by Crippen LogP contribution is -2.52. The first-order valence-electron chi connectivity index (χ1n) is 6.56. The van der Waals surface area contributed by atoms with Crippen molar-refractivity contribution in [2.45, 2.75) is 45.6 Å². The molecule has 0 saturated carbocycles. The monoisotopic (exact) mass is 257 g/mol. The van der Waals surface area contributed by atoms with Gasteiger partial charge in [0.15, 0.2) is 5.60 Å². The predicted molar refractivity (Wildman–Crippen MR) is 67.0 cm³/mol. The molecule has 0 aromatic rings. The number of hydrogen-bond donors (Lipinski definition) is 2. The molecule has 2 unspecified atom stereocenters. The number of carboxylic acids is 1. The maximum atomic E-state index is 12.2. The van der Waals surface area contributed by atoms with Gasteiger partial charge in [0.1, 0.15) is 0 Å². The molecule has 1 rings (SSSR count). The van der Waals surface area contributed by atoms with Gasteiger partial charge >= 0.3 is 5.97 Å². The molecule has 2 N–H and O–H groups in total. The molecule has 0 aliphatic carbocycles. The maximum absolute atomic E-state index is 12.2. The number of carbonyl (C=O) groups is 2. The van der Waals surface area contributed by atoms with E-state index in [1.165, 1.54) is 0 Å². The number of piperidine rings is 1. The quantitative estimate of drug-likeness (QED) is 0.790. The molecular formula is C13H23NO4. The van der Waals surface area contributed by atoms with Gasteiger partial charge in [0.25, 0.3) is 0 Å². The summed E-state index contributed by atoms with van der Waals surface area (Å²) >= 11 is 0. The first-order valence-corrected chi connectivity index (χ1v) is 6.56. The Morgan fingerprint density at radius 2 is 1.78 bits per heavy atom. The molecule has 0 spiro atoms. The van der Waals surface area contributed by atoms with E-state index in [1.54, 1.807) is 4.90 Å². The molecule has 5 nitrogen and oxygen atoms in total. The second-order valence-corrected chi connectivity index (χ2v) is 5.34. The first kappa shape index (κ1) is 15.0. The molecule has 0 radical (unpaired) electrons. The van der Waals surface area contributed by atoms with Gasteiger partial charge in [-0.25, -0.2) is 4.79 Å². The lowest BCUT2D eigenvalue weighted by atomic mass is 9.88. The molecule has 1 heterocycles. The summed E-state index contributed by atoms with van der Waals surface area (Å²) in [6.45, 7) is 6.65. The molecular weight excluding hydrogens is 234 g/mol. The summed E-state index contributed by atoms with van der Waals surface area (Å²) in [5.41, 5.74) is -1.66. The highest BCUT2D eigenvalue weighted by molar-refractivity contribution is 5.80. The molecule has 2 atom stereocenters. The molecule has 18 heavy (non-hydrogen) atoms. The highest BCUT2D eigenvalue weighted by Gasteiger charge is 2.41. The van der Waals surface area contributed by atoms with Crippen molar-refractivity contribution in [1.29, 1.82) is 0 Å². The largest absolute Gasteiger partial charge is 0.479 e. The van der Waals surface area contributed by atoms with Crippen molar-refractivity contribution in [2.24, 2.45) is 11.8 Å². The molecule has 0 aromatic carbocycles. The summed E-state index contributed by atoms with van der Waals surface area (Å²) in [5, 5.41) is 18.7. The van der Waals surface area contributed by atoms with Crippen LogP contribution in [0.4, 0.5) is 0 Å². The average Bonchev–Trinajstić information content (AvgIpc) is 2.36. The van der Waals surface area contributed by atoms with Gasteiger partial charge in [-0.1, -0.05) is 27.2 Å². The zero-order valence-corrected chi connectivity index (χ0v) is 11.3. The number of hydrogen-bond acceptors (Lipinski definition) is 3. The van der Waals surface area contributed by atoms with E-state index in [9.17, 15) is 14.7 Å². The summed E-state index contributed by atoms with van der Waals surface area (Å²) in [5.74, 6) is -0.856. The zero-order chi connectivity index (χ0) is 13.9. The topological polar surface area (TPSA) is 77.8 Å². The molecule has 104 valence electrons. The van der Waals surface area contributed by atoms with Crippen molar-refractivity contribution >= 4 is 11.9 Å². The van der Waals surface area contributed by atoms with Crippen molar-refractivity contribution in [3.05, 3.63) is 0 Å². The maximum Gasteiger partial charge on any atom is 0.335 e. The minimum absolute atomic E-state index is 0.0500. The standard InChI is InChI=1S/C13H23NO4/c1-4-9(2)10(3)11(15)14-7-5-13(18,6-8-14)12(16)17/h9-10,18H,4-8H2,1-3H3,(H,16,17). The Kier molecular flexibility index (Phi) is 4.73. The van der Waals surface area contributed by atoms with Crippen molar-refractivity contribution in [3.63, 3.8) is 0 Å². The third kappa shape index (κ3) is 3.02. The number of nitrogens with zero attached hydrogens (tertiary/aromatic N) is 1. The normalized spacial score (nSPS) is 22.3. The molecule has 5 heteroatoms. The van der Waals surface area contributed by atoms with Crippen LogP contribution < -0.4 is 0 Å². The number of likely N-dealkylation sites (tertiary alicyclic amines) is 1. The lowest BCUT2D eigenvalue weighted by molar-refractivity contribution is -0.166. The fourth-order valence-corrected chi connectivity index (χ4v) is 2.20. The van der Waals surface area contributed by atoms with Crippen LogP contribution in [0.25, 0.3) is 0 Å². The van der Waals surface area contributed by atoms with Crippen LogP contribution in [0, 0.1) is 11.8 Å². The van der Waals surface area contributed by atoms with Crippen molar-refractivity contribution < 1.29 is 19.8 Å². The smallest absolute Gasteiger partial charge is 0.335 e. The summed E-state index contributed by atoms with van der Waals surface area (Å²) in [6, 6.07) is 0. The number of aliphatic hydroxyl groups is 1. The van der Waals surface area contributed by atoms with E-state index < -0.39 is 11.6 Å². The third-order valence-corrected chi connectivity index (χ3v) is 4.19. The van der Waals surface area contributed by atoms with Crippen LogP contribution in [0.15, 0.2) is 0 Å². The van der Waals surface area contributed by atoms with Gasteiger partial charge < -0.3 is 15.1 Å². The number of carboxylic acid groups (broad SMARTS) is 1. The van der Waals surface area contributed by atoms with Crippen LogP contribution in [0.1, 0.15) is 40.0 Å². The van der Waals surface area contributed by atoms with E-state index >= 15 is 0 Å². The number of amides is 1. The molecule has 1 fully saturated rings. The van der Waals surface area contributed by atoms with Crippen molar-refractivity contribution in [3.8, 4) is 0 Å². The summed E-state index contributed by atoms with van der Waals surface area (Å²) < 4.78 is 0. The highest BCUT2D eigenvalue weighted by Crippen LogP contribution is 2.25. The Hall–Kier alpha value is -1.10. The lowest BCUT2D eigenvalue weighted by Gasteiger charge is -2.37. The SMILES string of the molecule is CCC(C)C(C)C(=O)N1CCC(O)(C(=O)O)CC1. The van der Waals surface area contributed by atoms with E-state index in [0.29, 0.717) is 19.0 Å². The van der Waals surface area contributed by atoms with Crippen LogP contribution in [-0.4, -0.2) is 45.7 Å². The Morgan fingerprint density at radius 3 is 2.17 bits per heavy atom. The van der Waals surface area contributed by atoms with Gasteiger partial charge in [-0.2, -0.15) is 0 Å². The summed E-state index contributed by atoms with van der Waals surface area (Å²) in [7, 11) is 0. The van der Waals surface area contributed by atoms with Crippen molar-refractivity contribution in [2.75, 3.05) is 13.1 Å². The number of aliphatic carboxylic acids is 1. The minimum Gasteiger partial charge on any atom is -0.479 e. The van der Waals surface area contributed by atoms with Crippen LogP contribution >= 0.6 is 0 Å². The van der Waals surface area contributed by atoms with E-state index in [1.807, 2.05) is 20.8 Å². The Balaban J connectivity index is 2.58. The predicted octanol–water partition coefficient (Wildman–Crippen LogP) is 1.11. The van der Waals surface area contributed by atoms with Gasteiger partial charge in [0, 0.05) is 31.8 Å². The highest BCUT2D eigenvalue weighted by atomic mass is 16.4. The molecule has 1 aliphatic rings. The summed E-state index contributed by atoms with van der Waals surface area (Å²) in [4.78, 5) is 24.7. The van der Waals surface area contributed by atoms with E-state index in [0.717, 1.165) is 6.42 Å². The fourth-order valence-electron chi connectivity index (χ4n) is 2.20. The second kappa shape index (κ2) is 5.69. The molecule has 1 saturated heterocycles. The van der Waals surface area contributed by atoms with Crippen molar-refractivity contribution in [1.82, 2.24) is 4.90 Å². The molecule has 1 amide bonds. The first-order chi connectivity index (χ1) is 8.31. The van der Waals surface area contributed by atoms with Gasteiger partial charge in [0.05, 0.1) is 0 Å². The van der Waals surface area contributed by atoms with Crippen LogP contribution in [-0.2, 0) is 9.59 Å². The molecule has 1 aliphatic heterocycles. The molecule has 0 bridgehead atoms.